The summed E-state index contributed by atoms with van der Waals surface area (Å²) in [5.41, 5.74) is 1.23. The largest absolute Gasteiger partial charge is 0.488 e. The van der Waals surface area contributed by atoms with Gasteiger partial charge in [-0.3, -0.25) is 19.2 Å². The molecule has 2 aromatic carbocycles. The Hall–Kier alpha value is -5.54. The van der Waals surface area contributed by atoms with Gasteiger partial charge in [0.25, 0.3) is 0 Å². The van der Waals surface area contributed by atoms with Gasteiger partial charge >= 0.3 is 6.03 Å². The predicted octanol–water partition coefficient (Wildman–Crippen LogP) is 8.15. The van der Waals surface area contributed by atoms with E-state index in [1.807, 2.05) is 11.8 Å². The fourth-order valence-electron chi connectivity index (χ4n) is 7.62. The summed E-state index contributed by atoms with van der Waals surface area (Å²) in [5, 5.41) is 14.6. The molecule has 1 aromatic heterocycles. The van der Waals surface area contributed by atoms with Gasteiger partial charge in [0, 0.05) is 92.5 Å². The summed E-state index contributed by atoms with van der Waals surface area (Å²) in [6.07, 6.45) is 10.8. The van der Waals surface area contributed by atoms with Gasteiger partial charge in [0.1, 0.15) is 24.0 Å². The molecule has 17 nitrogen and oxygen atoms in total. The number of unbranched alkanes of at least 4 members (excludes halogenated alkanes) is 2. The van der Waals surface area contributed by atoms with E-state index in [1.54, 1.807) is 30.3 Å². The van der Waals surface area contributed by atoms with E-state index in [-0.39, 0.29) is 66.2 Å². The summed E-state index contributed by atoms with van der Waals surface area (Å²) in [5.74, 6) is -0.439. The third kappa shape index (κ3) is 21.2. The molecule has 382 valence electrons. The molecular formula is C50H67F2N7O10S. The fraction of sp³-hybridized carbons (Fsp3) is 0.540. The number of carbonyl (C=O) groups excluding carboxylic acids is 5. The number of hydrogen-bond donors (Lipinski definition) is 5. The van der Waals surface area contributed by atoms with Crippen molar-refractivity contribution in [3.05, 3.63) is 73.0 Å². The van der Waals surface area contributed by atoms with E-state index in [1.165, 1.54) is 12.1 Å². The number of carbonyl (C=O) groups is 5. The first-order chi connectivity index (χ1) is 34.1. The number of rotatable bonds is 38. The molecule has 3 atom stereocenters. The summed E-state index contributed by atoms with van der Waals surface area (Å²) >= 11 is 1.88. The first-order valence-electron chi connectivity index (χ1n) is 24.1. The van der Waals surface area contributed by atoms with E-state index in [0.29, 0.717) is 120 Å². The van der Waals surface area contributed by atoms with Crippen LogP contribution in [0.4, 0.5) is 42.4 Å². The number of nitrogens with zero attached hydrogens (tertiary/aromatic N) is 2. The van der Waals surface area contributed by atoms with Gasteiger partial charge in [-0.15, -0.1) is 0 Å². The standard InChI is InChI=1S/C50H67F2N7O10S/c1-2-46(63)54-35-11-7-12-36(31-35)55-48-42(52)33-53-49(59-48)56-37-20-21-44(41(51)32-37)69-30-29-67-24-10-18-40(62)16-8-15-38(60)13-3-5-22-65-25-27-68-28-26-66-23-6-4-14-39(61)17-9-19-45-47-43(34-70-45)57-50(64)58-47/h2,7,11-12,20-21,31-33,43,45,47H,1,3-6,8-10,13-19,22-30,34H2,(H,54,63)(H2,57,58,64)(H2,53,55,56,59)/t43-,45-,47-/m1/s1. The van der Waals surface area contributed by atoms with Crippen LogP contribution in [0.5, 0.6) is 5.75 Å². The quantitative estimate of drug-likeness (QED) is 0.0208. The number of ether oxygens (including phenoxy) is 5. The summed E-state index contributed by atoms with van der Waals surface area (Å²) < 4.78 is 57.2. The maximum Gasteiger partial charge on any atom is 0.315 e. The smallest absolute Gasteiger partial charge is 0.315 e. The minimum absolute atomic E-state index is 0.00796. The second-order valence-electron chi connectivity index (χ2n) is 16.9. The van der Waals surface area contributed by atoms with Gasteiger partial charge < -0.3 is 50.3 Å². The number of halogens is 2. The zero-order valence-corrected chi connectivity index (χ0v) is 40.6. The van der Waals surface area contributed by atoms with Crippen LogP contribution in [0.1, 0.15) is 89.9 Å². The molecule has 0 bridgehead atoms. The zero-order chi connectivity index (χ0) is 49.8. The first-order valence-corrected chi connectivity index (χ1v) is 25.2. The van der Waals surface area contributed by atoms with E-state index in [4.69, 9.17) is 23.7 Å². The SMILES string of the molecule is C=CC(=O)Nc1cccc(Nc2nc(Nc3ccc(OCCOCCCC(=O)CCCC(=O)CCCCOCCOCCOCCCCC(=O)CCC[C@H]4SC[C@H]5NC(=O)N[C@H]54)c(F)c3)ncc2F)c1. The van der Waals surface area contributed by atoms with E-state index < -0.39 is 17.5 Å². The fourth-order valence-corrected chi connectivity index (χ4v) is 9.17. The van der Waals surface area contributed by atoms with Crippen LogP contribution in [-0.4, -0.2) is 122 Å². The molecule has 0 aliphatic carbocycles. The number of Topliss-reactive ketones (excluding diaryl/α,β-unsaturated/α-hetero) is 3. The lowest BCUT2D eigenvalue weighted by Gasteiger charge is -2.16. The monoisotopic (exact) mass is 995 g/mol. The zero-order valence-electron chi connectivity index (χ0n) is 39.7. The molecule has 2 aliphatic rings. The molecule has 20 heteroatoms. The minimum Gasteiger partial charge on any atom is -0.488 e. The van der Waals surface area contributed by atoms with Crippen molar-refractivity contribution in [1.29, 1.82) is 0 Å². The Kier molecular flexibility index (Phi) is 25.0. The molecule has 2 aliphatic heterocycles. The molecule has 3 aromatic rings. The lowest BCUT2D eigenvalue weighted by atomic mass is 10.0. The van der Waals surface area contributed by atoms with Crippen molar-refractivity contribution in [2.24, 2.45) is 0 Å². The lowest BCUT2D eigenvalue weighted by molar-refractivity contribution is -0.121. The molecule has 3 amide bonds. The average Bonchev–Trinajstić information content (AvgIpc) is 3.90. The number of aromatic nitrogens is 2. The second-order valence-corrected chi connectivity index (χ2v) is 18.1. The number of anilines is 5. The van der Waals surface area contributed by atoms with Gasteiger partial charge in [0.05, 0.1) is 51.3 Å². The number of ketones is 3. The van der Waals surface area contributed by atoms with Crippen LogP contribution in [0, 0.1) is 11.6 Å². The number of fused-ring (bicyclic) bond motifs is 1. The molecule has 0 spiro atoms. The van der Waals surface area contributed by atoms with Crippen LogP contribution in [-0.2, 0) is 38.1 Å². The average molecular weight is 996 g/mol. The van der Waals surface area contributed by atoms with Crippen LogP contribution in [0.3, 0.4) is 0 Å². The highest BCUT2D eigenvalue weighted by Crippen LogP contribution is 2.33. The second kappa shape index (κ2) is 31.6. The highest BCUT2D eigenvalue weighted by molar-refractivity contribution is 8.00. The maximum atomic E-state index is 14.8. The molecule has 5 rings (SSSR count). The van der Waals surface area contributed by atoms with Crippen molar-refractivity contribution in [2.75, 3.05) is 81.2 Å². The molecule has 70 heavy (non-hydrogen) atoms. The normalized spacial score (nSPS) is 16.0. The molecule has 3 heterocycles. The number of amides is 3. The van der Waals surface area contributed by atoms with Crippen molar-refractivity contribution in [3.63, 3.8) is 0 Å². The van der Waals surface area contributed by atoms with Gasteiger partial charge in [0.2, 0.25) is 11.9 Å². The predicted molar refractivity (Wildman–Crippen MR) is 264 cm³/mol. The van der Waals surface area contributed by atoms with Gasteiger partial charge in [-0.1, -0.05) is 12.6 Å². The van der Waals surface area contributed by atoms with Crippen LogP contribution >= 0.6 is 11.8 Å². The third-order valence-electron chi connectivity index (χ3n) is 11.3. The number of hydrogen-bond acceptors (Lipinski definition) is 15. The molecule has 5 N–H and O–H groups in total. The van der Waals surface area contributed by atoms with Crippen LogP contribution in [0.2, 0.25) is 0 Å². The van der Waals surface area contributed by atoms with Crippen molar-refractivity contribution in [2.45, 2.75) is 107 Å². The van der Waals surface area contributed by atoms with E-state index in [9.17, 15) is 32.8 Å². The third-order valence-corrected chi connectivity index (χ3v) is 12.8. The van der Waals surface area contributed by atoms with E-state index in [2.05, 4.69) is 43.1 Å². The number of urea groups is 1. The molecule has 2 saturated heterocycles. The molecule has 0 unspecified atom stereocenters. The number of thioether (sulfide) groups is 1. The Balaban J connectivity index is 0.769. The highest BCUT2D eigenvalue weighted by Gasteiger charge is 2.42. The summed E-state index contributed by atoms with van der Waals surface area (Å²) in [6, 6.07) is 11.1. The maximum absolute atomic E-state index is 14.8. The van der Waals surface area contributed by atoms with Gasteiger partial charge in [-0.25, -0.2) is 18.6 Å². The first kappa shape index (κ1) is 55.4. The van der Waals surface area contributed by atoms with Gasteiger partial charge in [-0.2, -0.15) is 16.7 Å². The highest BCUT2D eigenvalue weighted by atomic mass is 32.2. The van der Waals surface area contributed by atoms with Gasteiger partial charge in [-0.05, 0) is 87.8 Å². The van der Waals surface area contributed by atoms with Crippen molar-refractivity contribution in [3.8, 4) is 5.75 Å². The molecule has 2 fully saturated rings. The van der Waals surface area contributed by atoms with Crippen molar-refractivity contribution < 1.29 is 56.4 Å². The Morgan fingerprint density at radius 3 is 1.97 bits per heavy atom. The molecule has 0 radical (unpaired) electrons. The van der Waals surface area contributed by atoms with Crippen LogP contribution in [0.25, 0.3) is 0 Å². The minimum atomic E-state index is -0.723. The Morgan fingerprint density at radius 2 is 1.29 bits per heavy atom. The van der Waals surface area contributed by atoms with Crippen LogP contribution < -0.4 is 31.3 Å². The van der Waals surface area contributed by atoms with E-state index in [0.717, 1.165) is 56.6 Å². The lowest BCUT2D eigenvalue weighted by Crippen LogP contribution is -2.36. The van der Waals surface area contributed by atoms with E-state index >= 15 is 0 Å². The topological polar surface area (TPSA) is 217 Å². The number of nitrogens with one attached hydrogen (secondary N) is 5. The Bertz CT molecular complexity index is 2160. The molecular weight excluding hydrogens is 929 g/mol. The molecule has 0 saturated carbocycles. The van der Waals surface area contributed by atoms with Crippen molar-refractivity contribution >= 4 is 69.9 Å². The summed E-state index contributed by atoms with van der Waals surface area (Å²) in [7, 11) is 0. The van der Waals surface area contributed by atoms with Gasteiger partial charge in [0.15, 0.2) is 23.2 Å². The Morgan fingerprint density at radius 1 is 0.686 bits per heavy atom. The Labute approximate surface area is 412 Å². The summed E-state index contributed by atoms with van der Waals surface area (Å²) in [6.45, 7) is 7.08. The number of benzene rings is 2. The van der Waals surface area contributed by atoms with Crippen LogP contribution in [0.15, 0.2) is 61.3 Å². The van der Waals surface area contributed by atoms with Crippen molar-refractivity contribution in [1.82, 2.24) is 20.6 Å². The summed E-state index contributed by atoms with van der Waals surface area (Å²) in [4.78, 5) is 68.0.